The van der Waals surface area contributed by atoms with Crippen LogP contribution in [0.2, 0.25) is 0 Å². The van der Waals surface area contributed by atoms with Gasteiger partial charge in [0.25, 0.3) is 0 Å². The summed E-state index contributed by atoms with van der Waals surface area (Å²) in [5.41, 5.74) is 9.12. The summed E-state index contributed by atoms with van der Waals surface area (Å²) in [6.45, 7) is 0. The summed E-state index contributed by atoms with van der Waals surface area (Å²) in [6.07, 6.45) is 0. The van der Waals surface area contributed by atoms with Gasteiger partial charge in [-0.25, -0.2) is 15.0 Å². The van der Waals surface area contributed by atoms with Crippen molar-refractivity contribution in [3.63, 3.8) is 0 Å². The Kier molecular flexibility index (Phi) is 7.74. The van der Waals surface area contributed by atoms with Crippen molar-refractivity contribution in [1.29, 1.82) is 0 Å². The number of thiophene rings is 1. The number of rotatable bonds is 5. The Balaban J connectivity index is 0.893. The normalized spacial score (nSPS) is 11.9. The standard InChI is InChI=1S/C57H33N3OS/c1-3-12-34(13-4-1)55-58-56(35-14-5-2-6-15-35)60-57(59-55)39-24-28-47-51(32-39)61-50-21-11-20-40(54(47)50)38-25-29-52-49(31-38)46-27-23-37(33-53(46)62-52)36-22-26-45-43-18-8-7-16-41(43)42-17-9-10-19-44(42)48(45)30-36/h1-33H. The summed E-state index contributed by atoms with van der Waals surface area (Å²) < 4.78 is 9.16. The van der Waals surface area contributed by atoms with E-state index in [9.17, 15) is 0 Å². The molecule has 0 bridgehead atoms. The summed E-state index contributed by atoms with van der Waals surface area (Å²) >= 11 is 1.85. The van der Waals surface area contributed by atoms with E-state index in [0.717, 1.165) is 49.8 Å². The maximum Gasteiger partial charge on any atom is 0.164 e. The van der Waals surface area contributed by atoms with Gasteiger partial charge < -0.3 is 4.42 Å². The highest BCUT2D eigenvalue weighted by molar-refractivity contribution is 7.25. The van der Waals surface area contributed by atoms with E-state index in [1.165, 1.54) is 63.6 Å². The van der Waals surface area contributed by atoms with Crippen LogP contribution in [-0.4, -0.2) is 15.0 Å². The molecule has 0 fully saturated rings. The van der Waals surface area contributed by atoms with Crippen molar-refractivity contribution in [2.75, 3.05) is 0 Å². The van der Waals surface area contributed by atoms with Crippen LogP contribution in [0.25, 0.3) is 131 Å². The second-order valence-electron chi connectivity index (χ2n) is 15.9. The largest absolute Gasteiger partial charge is 0.456 e. The predicted octanol–water partition coefficient (Wildman–Crippen LogP) is 15.9. The number of nitrogens with zero attached hydrogens (tertiary/aromatic N) is 3. The van der Waals surface area contributed by atoms with Crippen LogP contribution in [0.3, 0.4) is 0 Å². The van der Waals surface area contributed by atoms with Gasteiger partial charge in [0.1, 0.15) is 11.2 Å². The first-order valence-electron chi connectivity index (χ1n) is 20.8. The Bertz CT molecular complexity index is 3830. The van der Waals surface area contributed by atoms with E-state index in [0.29, 0.717) is 17.5 Å². The average Bonchev–Trinajstić information content (AvgIpc) is 3.91. The molecule has 13 rings (SSSR count). The lowest BCUT2D eigenvalue weighted by Crippen LogP contribution is -2.00. The van der Waals surface area contributed by atoms with Crippen LogP contribution in [0, 0.1) is 0 Å². The second-order valence-corrected chi connectivity index (χ2v) is 17.0. The Hall–Kier alpha value is -7.99. The number of benzene rings is 10. The fourth-order valence-corrected chi connectivity index (χ4v) is 10.5. The van der Waals surface area contributed by atoms with Gasteiger partial charge in [-0.2, -0.15) is 0 Å². The SMILES string of the molecule is c1ccc(-c2nc(-c3ccccc3)nc(-c3ccc4c(c3)oc3cccc(-c5ccc6sc7cc(-c8ccc9c%10ccccc%10c%10ccccc%10c9c8)ccc7c6c5)c34)n2)cc1. The molecule has 0 saturated carbocycles. The number of fused-ring (bicyclic) bond motifs is 12. The van der Waals surface area contributed by atoms with Crippen LogP contribution in [0.15, 0.2) is 205 Å². The van der Waals surface area contributed by atoms with Crippen LogP contribution in [0.4, 0.5) is 0 Å². The van der Waals surface area contributed by atoms with Gasteiger partial charge in [-0.05, 0) is 97.0 Å². The van der Waals surface area contributed by atoms with Crippen LogP contribution >= 0.6 is 11.3 Å². The molecular weight excluding hydrogens is 775 g/mol. The van der Waals surface area contributed by atoms with Crippen molar-refractivity contribution >= 4 is 85.8 Å². The average molecular weight is 808 g/mol. The lowest BCUT2D eigenvalue weighted by atomic mass is 9.92. The first kappa shape index (κ1) is 34.8. The molecule has 0 aliphatic carbocycles. The highest BCUT2D eigenvalue weighted by atomic mass is 32.1. The monoisotopic (exact) mass is 807 g/mol. The van der Waals surface area contributed by atoms with Gasteiger partial charge in [0.05, 0.1) is 0 Å². The third kappa shape index (κ3) is 5.56. The second kappa shape index (κ2) is 13.8. The molecule has 10 aromatic carbocycles. The maximum absolute atomic E-state index is 6.61. The molecule has 3 heterocycles. The number of hydrogen-bond acceptors (Lipinski definition) is 5. The first-order chi connectivity index (χ1) is 30.7. The molecule has 0 saturated heterocycles. The number of aromatic nitrogens is 3. The summed E-state index contributed by atoms with van der Waals surface area (Å²) in [6, 6.07) is 71.1. The van der Waals surface area contributed by atoms with Crippen molar-refractivity contribution in [2.24, 2.45) is 0 Å². The molecule has 0 radical (unpaired) electrons. The molecule has 0 aliphatic heterocycles. The maximum atomic E-state index is 6.61. The topological polar surface area (TPSA) is 51.8 Å². The Morgan fingerprint density at radius 1 is 0.290 bits per heavy atom. The smallest absolute Gasteiger partial charge is 0.164 e. The van der Waals surface area contributed by atoms with Crippen molar-refractivity contribution in [2.45, 2.75) is 0 Å². The van der Waals surface area contributed by atoms with Gasteiger partial charge in [-0.3, -0.25) is 0 Å². The predicted molar refractivity (Wildman–Crippen MR) is 260 cm³/mol. The Labute approximate surface area is 360 Å². The summed E-state index contributed by atoms with van der Waals surface area (Å²) in [5.74, 6) is 1.86. The van der Waals surface area contributed by atoms with E-state index < -0.39 is 0 Å². The lowest BCUT2D eigenvalue weighted by Gasteiger charge is -2.12. The van der Waals surface area contributed by atoms with E-state index in [-0.39, 0.29) is 0 Å². The van der Waals surface area contributed by atoms with Crippen LogP contribution < -0.4 is 0 Å². The molecule has 4 nitrogen and oxygen atoms in total. The summed E-state index contributed by atoms with van der Waals surface area (Å²) in [5, 5.41) is 12.4. The minimum Gasteiger partial charge on any atom is -0.456 e. The molecule has 0 N–H and O–H groups in total. The van der Waals surface area contributed by atoms with E-state index in [2.05, 4.69) is 140 Å². The van der Waals surface area contributed by atoms with Crippen molar-refractivity contribution in [1.82, 2.24) is 15.0 Å². The molecule has 0 aliphatic rings. The zero-order valence-electron chi connectivity index (χ0n) is 33.2. The number of furan rings is 1. The van der Waals surface area contributed by atoms with Crippen LogP contribution in [0.5, 0.6) is 0 Å². The Morgan fingerprint density at radius 2 is 0.806 bits per heavy atom. The molecule has 62 heavy (non-hydrogen) atoms. The molecule has 0 amide bonds. The molecule has 5 heteroatoms. The molecular formula is C57H33N3OS. The van der Waals surface area contributed by atoms with Gasteiger partial charge in [-0.1, -0.05) is 158 Å². The van der Waals surface area contributed by atoms with Crippen molar-refractivity contribution in [3.8, 4) is 56.4 Å². The highest BCUT2D eigenvalue weighted by Crippen LogP contribution is 2.43. The zero-order valence-corrected chi connectivity index (χ0v) is 34.0. The molecule has 0 atom stereocenters. The zero-order chi connectivity index (χ0) is 40.7. The molecule has 13 aromatic rings. The molecule has 0 spiro atoms. The minimum absolute atomic E-state index is 0.598. The quantitative estimate of drug-likeness (QED) is 0.163. The van der Waals surface area contributed by atoms with E-state index in [1.807, 2.05) is 72.0 Å². The van der Waals surface area contributed by atoms with Gasteiger partial charge in [-0.15, -0.1) is 11.3 Å². The van der Waals surface area contributed by atoms with Gasteiger partial charge in [0, 0.05) is 47.6 Å². The number of hydrogen-bond donors (Lipinski definition) is 0. The van der Waals surface area contributed by atoms with Crippen molar-refractivity contribution in [3.05, 3.63) is 200 Å². The Morgan fingerprint density at radius 3 is 1.48 bits per heavy atom. The molecule has 288 valence electrons. The van der Waals surface area contributed by atoms with Gasteiger partial charge in [0.2, 0.25) is 0 Å². The van der Waals surface area contributed by atoms with E-state index in [4.69, 9.17) is 19.4 Å². The van der Waals surface area contributed by atoms with Gasteiger partial charge >= 0.3 is 0 Å². The van der Waals surface area contributed by atoms with E-state index >= 15 is 0 Å². The first-order valence-corrected chi connectivity index (χ1v) is 21.6. The fourth-order valence-electron chi connectivity index (χ4n) is 9.35. The summed E-state index contributed by atoms with van der Waals surface area (Å²) in [7, 11) is 0. The summed E-state index contributed by atoms with van der Waals surface area (Å²) in [4.78, 5) is 14.8. The highest BCUT2D eigenvalue weighted by Gasteiger charge is 2.18. The third-order valence-electron chi connectivity index (χ3n) is 12.3. The minimum atomic E-state index is 0.598. The van der Waals surface area contributed by atoms with Crippen LogP contribution in [-0.2, 0) is 0 Å². The lowest BCUT2D eigenvalue weighted by molar-refractivity contribution is 0.669. The third-order valence-corrected chi connectivity index (χ3v) is 13.4. The van der Waals surface area contributed by atoms with E-state index in [1.54, 1.807) is 0 Å². The fraction of sp³-hybridized carbons (Fsp3) is 0. The van der Waals surface area contributed by atoms with Crippen molar-refractivity contribution < 1.29 is 4.42 Å². The molecule has 3 aromatic heterocycles. The molecule has 0 unspecified atom stereocenters. The van der Waals surface area contributed by atoms with Gasteiger partial charge in [0.15, 0.2) is 17.5 Å². The van der Waals surface area contributed by atoms with Crippen LogP contribution in [0.1, 0.15) is 0 Å².